The maximum Gasteiger partial charge on any atom is 0.247 e. The Labute approximate surface area is 180 Å². The fourth-order valence-electron chi connectivity index (χ4n) is 3.56. The van der Waals surface area contributed by atoms with Crippen LogP contribution in [0.5, 0.6) is 0 Å². The van der Waals surface area contributed by atoms with Crippen molar-refractivity contribution in [3.8, 4) is 0 Å². The van der Waals surface area contributed by atoms with Gasteiger partial charge in [-0.3, -0.25) is 14.6 Å². The summed E-state index contributed by atoms with van der Waals surface area (Å²) < 4.78 is 0. The normalized spacial score (nSPS) is 11.7. The second-order valence-corrected chi connectivity index (χ2v) is 7.39. The number of hydrogen-bond acceptors (Lipinski definition) is 3. The first-order valence-corrected chi connectivity index (χ1v) is 10.3. The molecular formula is C25H24N4O2. The van der Waals surface area contributed by atoms with Gasteiger partial charge in [0, 0.05) is 48.0 Å². The number of carbonyl (C=O) groups excluding carboxylic acids is 2. The highest BCUT2D eigenvalue weighted by molar-refractivity contribution is 5.98. The minimum atomic E-state index is -0.698. The predicted octanol–water partition coefficient (Wildman–Crippen LogP) is 3.86. The molecule has 0 aliphatic rings. The van der Waals surface area contributed by atoms with Gasteiger partial charge in [0.25, 0.3) is 0 Å². The average Bonchev–Trinajstić information content (AvgIpc) is 3.21. The van der Waals surface area contributed by atoms with Gasteiger partial charge in [-0.15, -0.1) is 0 Å². The number of nitrogens with one attached hydrogen (secondary N) is 3. The van der Waals surface area contributed by atoms with E-state index in [-0.39, 0.29) is 11.8 Å². The number of hydrogen-bond donors (Lipinski definition) is 3. The van der Waals surface area contributed by atoms with E-state index in [0.29, 0.717) is 24.9 Å². The van der Waals surface area contributed by atoms with Gasteiger partial charge in [0.05, 0.1) is 0 Å². The third-order valence-corrected chi connectivity index (χ3v) is 5.18. The zero-order valence-electron chi connectivity index (χ0n) is 17.0. The number of amides is 2. The smallest absolute Gasteiger partial charge is 0.247 e. The van der Waals surface area contributed by atoms with E-state index in [9.17, 15) is 9.59 Å². The number of aryl methyl sites for hydroxylation is 1. The minimum absolute atomic E-state index is 0.154. The van der Waals surface area contributed by atoms with Crippen LogP contribution in [0.25, 0.3) is 10.9 Å². The number of carbonyl (C=O) groups is 2. The van der Waals surface area contributed by atoms with Crippen molar-refractivity contribution in [2.75, 3.05) is 5.32 Å². The number of aromatic nitrogens is 2. The summed E-state index contributed by atoms with van der Waals surface area (Å²) in [6, 6.07) is 20.5. The van der Waals surface area contributed by atoms with Gasteiger partial charge in [0.15, 0.2) is 0 Å². The van der Waals surface area contributed by atoms with Crippen LogP contribution >= 0.6 is 0 Å². The largest absolute Gasteiger partial charge is 0.361 e. The van der Waals surface area contributed by atoms with E-state index in [1.54, 1.807) is 24.5 Å². The number of fused-ring (bicyclic) bond motifs is 1. The van der Waals surface area contributed by atoms with Gasteiger partial charge in [-0.25, -0.2) is 0 Å². The molecule has 2 aromatic heterocycles. The van der Waals surface area contributed by atoms with Crippen molar-refractivity contribution >= 4 is 28.4 Å². The molecule has 3 N–H and O–H groups in total. The molecular weight excluding hydrogens is 388 g/mol. The zero-order chi connectivity index (χ0) is 21.5. The van der Waals surface area contributed by atoms with Gasteiger partial charge in [0.2, 0.25) is 11.8 Å². The Hall–Kier alpha value is -3.93. The molecule has 0 unspecified atom stereocenters. The maximum absolute atomic E-state index is 13.0. The molecule has 2 aromatic carbocycles. The Morgan fingerprint density at radius 1 is 0.935 bits per heavy atom. The fraction of sp³-hybridized carbons (Fsp3) is 0.160. The predicted molar refractivity (Wildman–Crippen MR) is 122 cm³/mol. The molecule has 156 valence electrons. The van der Waals surface area contributed by atoms with E-state index in [2.05, 4.69) is 20.6 Å². The molecule has 0 bridgehead atoms. The molecule has 0 aliphatic carbocycles. The lowest BCUT2D eigenvalue weighted by molar-refractivity contribution is -0.126. The number of anilines is 1. The van der Waals surface area contributed by atoms with E-state index in [1.807, 2.05) is 60.8 Å². The molecule has 0 saturated heterocycles. The van der Waals surface area contributed by atoms with Crippen LogP contribution in [0.2, 0.25) is 0 Å². The fourth-order valence-corrected chi connectivity index (χ4v) is 3.56. The molecule has 0 saturated carbocycles. The summed E-state index contributed by atoms with van der Waals surface area (Å²) in [6.07, 6.45) is 6.45. The van der Waals surface area contributed by atoms with Crippen molar-refractivity contribution in [1.82, 2.24) is 15.3 Å². The van der Waals surface area contributed by atoms with Gasteiger partial charge in [-0.2, -0.15) is 0 Å². The Morgan fingerprint density at radius 3 is 2.48 bits per heavy atom. The highest BCUT2D eigenvalue weighted by Gasteiger charge is 2.22. The first kappa shape index (κ1) is 20.3. The molecule has 4 rings (SSSR count). The lowest BCUT2D eigenvalue weighted by Crippen LogP contribution is -2.45. The number of para-hydroxylation sites is 1. The molecule has 4 aromatic rings. The van der Waals surface area contributed by atoms with Gasteiger partial charge in [-0.05, 0) is 35.7 Å². The summed E-state index contributed by atoms with van der Waals surface area (Å²) in [6.45, 7) is 0. The van der Waals surface area contributed by atoms with Gasteiger partial charge in [-0.1, -0.05) is 48.5 Å². The van der Waals surface area contributed by atoms with Crippen LogP contribution in [0.1, 0.15) is 17.5 Å². The van der Waals surface area contributed by atoms with Crippen LogP contribution in [0.15, 0.2) is 85.3 Å². The van der Waals surface area contributed by atoms with E-state index in [4.69, 9.17) is 0 Å². The second kappa shape index (κ2) is 9.71. The minimum Gasteiger partial charge on any atom is -0.361 e. The highest BCUT2D eigenvalue weighted by atomic mass is 16.2. The molecule has 2 heterocycles. The second-order valence-electron chi connectivity index (χ2n) is 7.39. The van der Waals surface area contributed by atoms with Crippen LogP contribution in [-0.2, 0) is 22.4 Å². The third-order valence-electron chi connectivity index (χ3n) is 5.18. The number of nitrogens with zero attached hydrogens (tertiary/aromatic N) is 1. The van der Waals surface area contributed by atoms with E-state index < -0.39 is 6.04 Å². The molecule has 1 atom stereocenters. The zero-order valence-corrected chi connectivity index (χ0v) is 17.0. The van der Waals surface area contributed by atoms with E-state index in [1.165, 1.54) is 0 Å². The Balaban J connectivity index is 1.48. The maximum atomic E-state index is 13.0. The van der Waals surface area contributed by atoms with Crippen molar-refractivity contribution in [3.05, 3.63) is 96.4 Å². The van der Waals surface area contributed by atoms with Crippen LogP contribution in [-0.4, -0.2) is 27.8 Å². The molecule has 0 fully saturated rings. The lowest BCUT2D eigenvalue weighted by atomic mass is 10.0. The molecule has 0 radical (unpaired) electrons. The van der Waals surface area contributed by atoms with Crippen molar-refractivity contribution in [3.63, 3.8) is 0 Å². The third kappa shape index (κ3) is 5.36. The highest BCUT2D eigenvalue weighted by Crippen LogP contribution is 2.20. The average molecular weight is 412 g/mol. The molecule has 31 heavy (non-hydrogen) atoms. The van der Waals surface area contributed by atoms with Crippen LogP contribution in [0.3, 0.4) is 0 Å². The van der Waals surface area contributed by atoms with E-state index in [0.717, 1.165) is 22.0 Å². The summed E-state index contributed by atoms with van der Waals surface area (Å²) in [7, 11) is 0. The lowest BCUT2D eigenvalue weighted by Gasteiger charge is -2.18. The van der Waals surface area contributed by atoms with Crippen molar-refractivity contribution in [1.29, 1.82) is 0 Å². The molecule has 2 amide bonds. The van der Waals surface area contributed by atoms with Crippen LogP contribution in [0, 0.1) is 0 Å². The number of H-pyrrole nitrogens is 1. The molecule has 6 heteroatoms. The number of pyridine rings is 1. The van der Waals surface area contributed by atoms with Crippen LogP contribution in [0.4, 0.5) is 5.69 Å². The number of benzene rings is 2. The van der Waals surface area contributed by atoms with Gasteiger partial charge in [0.1, 0.15) is 6.04 Å². The van der Waals surface area contributed by atoms with Crippen molar-refractivity contribution in [2.45, 2.75) is 25.3 Å². The monoisotopic (exact) mass is 412 g/mol. The quantitative estimate of drug-likeness (QED) is 0.411. The Bertz CT molecular complexity index is 1160. The first-order chi connectivity index (χ1) is 15.2. The number of aromatic amines is 1. The summed E-state index contributed by atoms with van der Waals surface area (Å²) in [5, 5.41) is 6.85. The van der Waals surface area contributed by atoms with Crippen molar-refractivity contribution in [2.24, 2.45) is 0 Å². The molecule has 0 aliphatic heterocycles. The van der Waals surface area contributed by atoms with Crippen LogP contribution < -0.4 is 10.6 Å². The summed E-state index contributed by atoms with van der Waals surface area (Å²) >= 11 is 0. The van der Waals surface area contributed by atoms with Gasteiger partial charge >= 0.3 is 0 Å². The Morgan fingerprint density at radius 2 is 1.68 bits per heavy atom. The SMILES string of the molecule is O=C(CCc1ccccc1)N[C@@H](Cc1c[nH]c2ccccc12)C(=O)Nc1ccncc1. The van der Waals surface area contributed by atoms with Crippen molar-refractivity contribution < 1.29 is 9.59 Å². The first-order valence-electron chi connectivity index (χ1n) is 10.3. The summed E-state index contributed by atoms with van der Waals surface area (Å²) in [5.41, 5.74) is 3.71. The van der Waals surface area contributed by atoms with E-state index >= 15 is 0 Å². The standard InChI is InChI=1S/C25H24N4O2/c30-24(11-10-18-6-2-1-3-7-18)29-23(25(31)28-20-12-14-26-15-13-20)16-19-17-27-22-9-5-4-8-21(19)22/h1-9,12-15,17,23,27H,10-11,16H2,(H,29,30)(H,26,28,31)/t23-/m0/s1. The molecule has 0 spiro atoms. The topological polar surface area (TPSA) is 86.9 Å². The summed E-state index contributed by atoms with van der Waals surface area (Å²) in [4.78, 5) is 32.9. The summed E-state index contributed by atoms with van der Waals surface area (Å²) in [5.74, 6) is -0.414. The molecule has 6 nitrogen and oxygen atoms in total. The number of rotatable bonds is 8. The Kier molecular flexibility index (Phi) is 6.38. The van der Waals surface area contributed by atoms with Gasteiger partial charge < -0.3 is 15.6 Å².